The summed E-state index contributed by atoms with van der Waals surface area (Å²) < 4.78 is 10.5. The van der Waals surface area contributed by atoms with Crippen LogP contribution in [0.4, 0.5) is 16.2 Å². The molecule has 0 spiro atoms. The van der Waals surface area contributed by atoms with Crippen LogP contribution in [0.2, 0.25) is 0 Å². The van der Waals surface area contributed by atoms with E-state index >= 15 is 0 Å². The summed E-state index contributed by atoms with van der Waals surface area (Å²) in [7, 11) is 0. The highest BCUT2D eigenvalue weighted by atomic mass is 16.5. The molecular formula is C19H23N3O4. The van der Waals surface area contributed by atoms with Crippen molar-refractivity contribution in [2.45, 2.75) is 26.0 Å². The second kappa shape index (κ2) is 10.0. The van der Waals surface area contributed by atoms with E-state index in [1.165, 1.54) is 0 Å². The zero-order valence-corrected chi connectivity index (χ0v) is 14.7. The van der Waals surface area contributed by atoms with Gasteiger partial charge in [-0.15, -0.1) is 6.58 Å². The van der Waals surface area contributed by atoms with Gasteiger partial charge in [0.05, 0.1) is 19.4 Å². The highest BCUT2D eigenvalue weighted by Crippen LogP contribution is 2.14. The van der Waals surface area contributed by atoms with Crippen LogP contribution in [0.1, 0.15) is 19.1 Å². The van der Waals surface area contributed by atoms with Gasteiger partial charge in [0.25, 0.3) is 5.91 Å². The second-order valence-corrected chi connectivity index (χ2v) is 5.54. The molecule has 138 valence electrons. The van der Waals surface area contributed by atoms with Gasteiger partial charge >= 0.3 is 6.03 Å². The fourth-order valence-electron chi connectivity index (χ4n) is 2.04. The molecule has 0 aliphatic heterocycles. The van der Waals surface area contributed by atoms with Crippen molar-refractivity contribution < 1.29 is 18.7 Å². The van der Waals surface area contributed by atoms with Crippen molar-refractivity contribution in [2.24, 2.45) is 0 Å². The Morgan fingerprint density at radius 1 is 1.19 bits per heavy atom. The van der Waals surface area contributed by atoms with E-state index < -0.39 is 6.10 Å². The first-order valence-corrected chi connectivity index (χ1v) is 8.29. The van der Waals surface area contributed by atoms with Gasteiger partial charge in [0.2, 0.25) is 0 Å². The average Bonchev–Trinajstić information content (AvgIpc) is 3.15. The minimum absolute atomic E-state index is 0.231. The summed E-state index contributed by atoms with van der Waals surface area (Å²) in [6.45, 7) is 6.05. The molecule has 0 bridgehead atoms. The van der Waals surface area contributed by atoms with Crippen LogP contribution in [0.15, 0.2) is 59.7 Å². The molecule has 3 amide bonds. The first-order valence-electron chi connectivity index (χ1n) is 8.29. The third-order valence-electron chi connectivity index (χ3n) is 3.47. The minimum atomic E-state index is -0.555. The molecule has 1 aromatic carbocycles. The van der Waals surface area contributed by atoms with Crippen LogP contribution in [-0.4, -0.2) is 24.6 Å². The predicted molar refractivity (Wildman–Crippen MR) is 99.9 cm³/mol. The summed E-state index contributed by atoms with van der Waals surface area (Å²) in [6.07, 6.45) is 3.43. The maximum atomic E-state index is 12.0. The average molecular weight is 357 g/mol. The Bertz CT molecular complexity index is 711. The van der Waals surface area contributed by atoms with E-state index in [0.29, 0.717) is 36.7 Å². The molecule has 0 saturated carbocycles. The molecule has 0 saturated heterocycles. The van der Waals surface area contributed by atoms with Crippen LogP contribution in [-0.2, 0) is 16.1 Å². The lowest BCUT2D eigenvalue weighted by molar-refractivity contribution is -0.126. The van der Waals surface area contributed by atoms with Crippen LogP contribution in [0.25, 0.3) is 0 Å². The number of furan rings is 1. The largest absolute Gasteiger partial charge is 0.467 e. The van der Waals surface area contributed by atoms with E-state index in [2.05, 4.69) is 22.5 Å². The number of hydrogen-bond donors (Lipinski definition) is 3. The fourth-order valence-corrected chi connectivity index (χ4v) is 2.04. The normalized spacial score (nSPS) is 11.4. The number of carbonyl (C=O) groups excluding carboxylic acids is 2. The number of benzene rings is 1. The number of amides is 3. The van der Waals surface area contributed by atoms with E-state index in [9.17, 15) is 9.59 Å². The zero-order chi connectivity index (χ0) is 18.8. The van der Waals surface area contributed by atoms with Crippen LogP contribution in [0.5, 0.6) is 0 Å². The Kier molecular flexibility index (Phi) is 7.45. The lowest BCUT2D eigenvalue weighted by atomic mass is 10.2. The molecule has 1 aromatic heterocycles. The van der Waals surface area contributed by atoms with Crippen molar-refractivity contribution >= 4 is 23.3 Å². The predicted octanol–water partition coefficient (Wildman–Crippen LogP) is 3.52. The summed E-state index contributed by atoms with van der Waals surface area (Å²) in [4.78, 5) is 23.8. The maximum Gasteiger partial charge on any atom is 0.319 e. The van der Waals surface area contributed by atoms with Crippen LogP contribution in [0.3, 0.4) is 0 Å². The quantitative estimate of drug-likeness (QED) is 0.473. The highest BCUT2D eigenvalue weighted by Gasteiger charge is 2.13. The molecule has 0 aliphatic carbocycles. The third-order valence-corrected chi connectivity index (χ3v) is 3.47. The zero-order valence-electron chi connectivity index (χ0n) is 14.7. The molecule has 1 atom stereocenters. The Morgan fingerprint density at radius 2 is 1.88 bits per heavy atom. The monoisotopic (exact) mass is 357 g/mol. The molecule has 0 radical (unpaired) electrons. The van der Waals surface area contributed by atoms with E-state index in [1.54, 1.807) is 55.7 Å². The van der Waals surface area contributed by atoms with E-state index in [1.807, 2.05) is 0 Å². The number of nitrogens with one attached hydrogen (secondary N) is 3. The first-order chi connectivity index (χ1) is 12.6. The molecule has 2 rings (SSSR count). The Labute approximate surface area is 152 Å². The molecule has 7 heteroatoms. The summed E-state index contributed by atoms with van der Waals surface area (Å²) in [5.41, 5.74) is 1.23. The van der Waals surface area contributed by atoms with Crippen LogP contribution in [0, 0.1) is 0 Å². The van der Waals surface area contributed by atoms with E-state index in [4.69, 9.17) is 9.15 Å². The third kappa shape index (κ3) is 6.45. The van der Waals surface area contributed by atoms with Crippen LogP contribution < -0.4 is 16.0 Å². The van der Waals surface area contributed by atoms with Crippen molar-refractivity contribution in [1.29, 1.82) is 0 Å². The number of hydrogen-bond acceptors (Lipinski definition) is 4. The van der Waals surface area contributed by atoms with E-state index in [-0.39, 0.29) is 11.9 Å². The smallest absolute Gasteiger partial charge is 0.319 e. The van der Waals surface area contributed by atoms with Crippen molar-refractivity contribution in [3.05, 3.63) is 61.1 Å². The Hall–Kier alpha value is -3.06. The Balaban J connectivity index is 1.77. The van der Waals surface area contributed by atoms with Gasteiger partial charge in [0, 0.05) is 11.4 Å². The van der Waals surface area contributed by atoms with Gasteiger partial charge in [0.15, 0.2) is 0 Å². The molecule has 3 N–H and O–H groups in total. The molecule has 1 unspecified atom stereocenters. The van der Waals surface area contributed by atoms with Gasteiger partial charge in [-0.3, -0.25) is 4.79 Å². The number of rotatable bonds is 9. The van der Waals surface area contributed by atoms with Gasteiger partial charge in [-0.1, -0.05) is 6.08 Å². The molecule has 0 fully saturated rings. The topological polar surface area (TPSA) is 92.6 Å². The number of ether oxygens (including phenoxy) is 1. The van der Waals surface area contributed by atoms with E-state index in [0.717, 1.165) is 0 Å². The molecule has 2 aromatic rings. The first kappa shape index (κ1) is 19.3. The minimum Gasteiger partial charge on any atom is -0.467 e. The summed E-state index contributed by atoms with van der Waals surface area (Å²) >= 11 is 0. The standard InChI is InChI=1S/C19H23N3O4/c1-3-4-11-25-14(2)18(23)21-15-7-9-16(10-8-15)22-19(24)20-13-17-6-5-12-26-17/h3,5-10,12,14H,1,4,11,13H2,2H3,(H,21,23)(H2,20,22,24). The Morgan fingerprint density at radius 3 is 2.50 bits per heavy atom. The molecular weight excluding hydrogens is 334 g/mol. The van der Waals surface area contributed by atoms with Gasteiger partial charge in [-0.05, 0) is 49.7 Å². The SMILES string of the molecule is C=CCCOC(C)C(=O)Nc1ccc(NC(=O)NCc2ccco2)cc1. The molecule has 1 heterocycles. The van der Waals surface area contributed by atoms with Crippen molar-refractivity contribution in [1.82, 2.24) is 5.32 Å². The lowest BCUT2D eigenvalue weighted by Gasteiger charge is -2.13. The number of carbonyl (C=O) groups is 2. The summed E-state index contributed by atoms with van der Waals surface area (Å²) in [5.74, 6) is 0.439. The van der Waals surface area contributed by atoms with Crippen molar-refractivity contribution in [3.8, 4) is 0 Å². The summed E-state index contributed by atoms with van der Waals surface area (Å²) in [6, 6.07) is 10.00. The maximum absolute atomic E-state index is 12.0. The lowest BCUT2D eigenvalue weighted by Crippen LogP contribution is -2.28. The van der Waals surface area contributed by atoms with Gasteiger partial charge < -0.3 is 25.1 Å². The highest BCUT2D eigenvalue weighted by molar-refractivity contribution is 5.94. The molecule has 7 nitrogen and oxygen atoms in total. The number of urea groups is 1. The van der Waals surface area contributed by atoms with Crippen LogP contribution >= 0.6 is 0 Å². The van der Waals surface area contributed by atoms with Gasteiger partial charge in [0.1, 0.15) is 11.9 Å². The second-order valence-electron chi connectivity index (χ2n) is 5.54. The number of anilines is 2. The van der Waals surface area contributed by atoms with Gasteiger partial charge in [-0.2, -0.15) is 0 Å². The molecule has 26 heavy (non-hydrogen) atoms. The molecule has 0 aliphatic rings. The van der Waals surface area contributed by atoms with Crippen molar-refractivity contribution in [3.63, 3.8) is 0 Å². The van der Waals surface area contributed by atoms with Gasteiger partial charge in [-0.25, -0.2) is 4.79 Å². The van der Waals surface area contributed by atoms with Crippen molar-refractivity contribution in [2.75, 3.05) is 17.2 Å². The summed E-state index contributed by atoms with van der Waals surface area (Å²) in [5, 5.41) is 8.15. The fraction of sp³-hybridized carbons (Fsp3) is 0.263.